The molecule has 0 saturated carbocycles. The summed E-state index contributed by atoms with van der Waals surface area (Å²) in [5.41, 5.74) is 6.55. The molecule has 0 radical (unpaired) electrons. The number of β-amino-alcohol motifs (C(OH)–C–C–N with tert-alkyl or cyclic N) is 1. The van der Waals surface area contributed by atoms with Crippen molar-refractivity contribution in [2.75, 3.05) is 33.3 Å². The van der Waals surface area contributed by atoms with Gasteiger partial charge in [0.25, 0.3) is 11.8 Å². The van der Waals surface area contributed by atoms with Gasteiger partial charge in [0.2, 0.25) is 0 Å². The summed E-state index contributed by atoms with van der Waals surface area (Å²) in [4.78, 5) is 34.1. The van der Waals surface area contributed by atoms with Gasteiger partial charge in [-0.2, -0.15) is 0 Å². The van der Waals surface area contributed by atoms with Gasteiger partial charge < -0.3 is 29.2 Å². The van der Waals surface area contributed by atoms with Crippen molar-refractivity contribution in [2.45, 2.75) is 45.6 Å². The highest BCUT2D eigenvalue weighted by Crippen LogP contribution is 2.26. The molecule has 10 heteroatoms. The number of nitrogens with one attached hydrogen (secondary N) is 1. The minimum absolute atomic E-state index is 0.0239. The second-order valence-electron chi connectivity index (χ2n) is 11.6. The minimum Gasteiger partial charge on any atom is -0.497 e. The van der Waals surface area contributed by atoms with E-state index in [4.69, 9.17) is 13.9 Å². The number of benzene rings is 3. The lowest BCUT2D eigenvalue weighted by Crippen LogP contribution is -2.42. The molecule has 4 aromatic rings. The van der Waals surface area contributed by atoms with Gasteiger partial charge in [0, 0.05) is 50.4 Å². The fraction of sp³-hybridized carbons (Fsp3) is 0.343. The summed E-state index contributed by atoms with van der Waals surface area (Å²) >= 11 is 0. The van der Waals surface area contributed by atoms with Gasteiger partial charge in [-0.05, 0) is 90.6 Å². The molecule has 3 heterocycles. The Morgan fingerprint density at radius 1 is 0.933 bits per heavy atom. The molecule has 3 aromatic carbocycles. The van der Waals surface area contributed by atoms with Gasteiger partial charge in [-0.1, -0.05) is 12.1 Å². The van der Waals surface area contributed by atoms with Gasteiger partial charge in [0.1, 0.15) is 18.1 Å². The van der Waals surface area contributed by atoms with Crippen molar-refractivity contribution in [3.63, 3.8) is 0 Å². The number of aryl methyl sites for hydroxylation is 1. The normalized spacial score (nSPS) is 15.1. The van der Waals surface area contributed by atoms with E-state index in [0.29, 0.717) is 49.5 Å². The summed E-state index contributed by atoms with van der Waals surface area (Å²) in [5.74, 6) is 1.98. The third-order valence-corrected chi connectivity index (χ3v) is 8.56. The Morgan fingerprint density at radius 2 is 1.64 bits per heavy atom. The first-order valence-electron chi connectivity index (χ1n) is 15.2. The van der Waals surface area contributed by atoms with E-state index >= 15 is 0 Å². The maximum atomic E-state index is 13.0. The second kappa shape index (κ2) is 13.5. The van der Waals surface area contributed by atoms with Crippen molar-refractivity contribution in [2.24, 2.45) is 0 Å². The number of carbonyl (C=O) groups is 2. The lowest BCUT2D eigenvalue weighted by molar-refractivity contribution is 0.0734. The van der Waals surface area contributed by atoms with Gasteiger partial charge in [0.05, 0.1) is 18.9 Å². The Bertz CT molecular complexity index is 1670. The molecule has 0 spiro atoms. The maximum Gasteiger partial charge on any atom is 0.254 e. The summed E-state index contributed by atoms with van der Waals surface area (Å²) in [7, 11) is 1.60. The van der Waals surface area contributed by atoms with E-state index in [1.807, 2.05) is 30.0 Å². The molecule has 234 valence electrons. The topological polar surface area (TPSA) is 117 Å². The predicted octanol–water partition coefficient (Wildman–Crippen LogP) is 3.92. The highest BCUT2D eigenvalue weighted by atomic mass is 16.5. The van der Waals surface area contributed by atoms with E-state index in [9.17, 15) is 14.7 Å². The van der Waals surface area contributed by atoms with E-state index in [1.54, 1.807) is 37.4 Å². The number of aliphatic hydroxyl groups excluding tert-OH is 1. The zero-order valence-corrected chi connectivity index (χ0v) is 25.6. The number of amides is 2. The lowest BCUT2D eigenvalue weighted by atomic mass is 9.96. The smallest absolute Gasteiger partial charge is 0.254 e. The lowest BCUT2D eigenvalue weighted by Gasteiger charge is -2.30. The van der Waals surface area contributed by atoms with Crippen LogP contribution in [0.15, 0.2) is 71.5 Å². The number of ether oxygens (including phenoxy) is 2. The van der Waals surface area contributed by atoms with Crippen molar-refractivity contribution in [3.8, 4) is 11.5 Å². The molecule has 2 amide bonds. The molecule has 1 atom stereocenters. The van der Waals surface area contributed by atoms with Crippen molar-refractivity contribution in [3.05, 3.63) is 112 Å². The van der Waals surface area contributed by atoms with Crippen LogP contribution in [-0.2, 0) is 32.5 Å². The summed E-state index contributed by atoms with van der Waals surface area (Å²) in [5, 5.41) is 13.6. The molecule has 2 aliphatic heterocycles. The van der Waals surface area contributed by atoms with Gasteiger partial charge >= 0.3 is 0 Å². The number of aliphatic hydroxyl groups is 1. The molecule has 0 aliphatic carbocycles. The third kappa shape index (κ3) is 7.19. The first-order valence-corrected chi connectivity index (χ1v) is 15.2. The molecular weight excluding hydrogens is 572 g/mol. The van der Waals surface area contributed by atoms with Gasteiger partial charge in [0.15, 0.2) is 12.2 Å². The standard InChI is InChI=1S/C35H38N4O6/c1-23-33(45-22-37-23)21-44-32-10-7-28-18-38(13-11-26(28)16-32)20-30(40)17-36-34(41)27-3-4-29-19-39(14-12-25(29)15-27)35(42)24-5-8-31(43-2)9-6-24/h3-10,15-16,22,30,40H,11-14,17-21H2,1-2H3,(H,36,41)/t30-/m0/s1. The predicted molar refractivity (Wildman–Crippen MR) is 167 cm³/mol. The van der Waals surface area contributed by atoms with E-state index in [0.717, 1.165) is 47.8 Å². The first kappa shape index (κ1) is 30.4. The van der Waals surface area contributed by atoms with Crippen LogP contribution in [0.5, 0.6) is 11.5 Å². The number of rotatable bonds is 10. The molecule has 2 aliphatic rings. The number of hydrogen-bond acceptors (Lipinski definition) is 8. The Hall–Kier alpha value is -4.67. The number of aromatic nitrogens is 1. The molecule has 45 heavy (non-hydrogen) atoms. The van der Waals surface area contributed by atoms with Crippen LogP contribution in [-0.4, -0.2) is 71.1 Å². The molecule has 0 saturated heterocycles. The number of methoxy groups -OCH3 is 1. The van der Waals surface area contributed by atoms with Crippen molar-refractivity contribution < 1.29 is 28.6 Å². The quantitative estimate of drug-likeness (QED) is 0.278. The Balaban J connectivity index is 0.964. The molecule has 0 fully saturated rings. The monoisotopic (exact) mass is 610 g/mol. The number of oxazole rings is 1. The average molecular weight is 611 g/mol. The molecule has 10 nitrogen and oxygen atoms in total. The average Bonchev–Trinajstić information content (AvgIpc) is 3.49. The van der Waals surface area contributed by atoms with Gasteiger partial charge in [-0.3, -0.25) is 14.5 Å². The van der Waals surface area contributed by atoms with Crippen LogP contribution in [0.4, 0.5) is 0 Å². The Kier molecular flexibility index (Phi) is 9.13. The summed E-state index contributed by atoms with van der Waals surface area (Å²) in [6.45, 7) is 5.47. The van der Waals surface area contributed by atoms with Crippen LogP contribution < -0.4 is 14.8 Å². The summed E-state index contributed by atoms with van der Waals surface area (Å²) in [6, 6.07) is 18.8. The number of hydrogen-bond donors (Lipinski definition) is 2. The van der Waals surface area contributed by atoms with Gasteiger partial charge in [-0.25, -0.2) is 4.98 Å². The molecule has 6 rings (SSSR count). The number of carbonyl (C=O) groups excluding carboxylic acids is 2. The van der Waals surface area contributed by atoms with E-state index in [1.165, 1.54) is 17.5 Å². The zero-order valence-electron chi connectivity index (χ0n) is 25.6. The molecular formula is C35H38N4O6. The van der Waals surface area contributed by atoms with Crippen LogP contribution in [0.25, 0.3) is 0 Å². The van der Waals surface area contributed by atoms with Gasteiger partial charge in [-0.15, -0.1) is 0 Å². The van der Waals surface area contributed by atoms with Crippen molar-refractivity contribution >= 4 is 11.8 Å². The van der Waals surface area contributed by atoms with Crippen LogP contribution in [0.3, 0.4) is 0 Å². The Morgan fingerprint density at radius 3 is 2.42 bits per heavy atom. The van der Waals surface area contributed by atoms with Crippen LogP contribution in [0.1, 0.15) is 54.4 Å². The number of nitrogens with zero attached hydrogens (tertiary/aromatic N) is 3. The number of fused-ring (bicyclic) bond motifs is 2. The summed E-state index contributed by atoms with van der Waals surface area (Å²) in [6.07, 6.45) is 2.25. The molecule has 0 unspecified atom stereocenters. The van der Waals surface area contributed by atoms with Crippen molar-refractivity contribution in [1.82, 2.24) is 20.1 Å². The molecule has 2 N–H and O–H groups in total. The van der Waals surface area contributed by atoms with E-state index in [2.05, 4.69) is 27.3 Å². The summed E-state index contributed by atoms with van der Waals surface area (Å²) < 4.78 is 16.4. The SMILES string of the molecule is COc1ccc(C(=O)N2CCc3cc(C(=O)NC[C@H](O)CN4CCc5cc(OCc6ocnc6C)ccc5C4)ccc3C2)cc1. The molecule has 0 bridgehead atoms. The van der Waals surface area contributed by atoms with E-state index < -0.39 is 6.10 Å². The maximum absolute atomic E-state index is 13.0. The zero-order chi connectivity index (χ0) is 31.3. The van der Waals surface area contributed by atoms with Crippen LogP contribution in [0, 0.1) is 6.92 Å². The van der Waals surface area contributed by atoms with Crippen LogP contribution in [0.2, 0.25) is 0 Å². The largest absolute Gasteiger partial charge is 0.497 e. The first-order chi connectivity index (χ1) is 21.9. The highest BCUT2D eigenvalue weighted by Gasteiger charge is 2.24. The molecule has 1 aromatic heterocycles. The minimum atomic E-state index is -0.696. The highest BCUT2D eigenvalue weighted by molar-refractivity contribution is 5.95. The van der Waals surface area contributed by atoms with Crippen LogP contribution >= 0.6 is 0 Å². The fourth-order valence-corrected chi connectivity index (χ4v) is 5.91. The van der Waals surface area contributed by atoms with Crippen molar-refractivity contribution in [1.29, 1.82) is 0 Å². The third-order valence-electron chi connectivity index (χ3n) is 8.56. The Labute approximate surface area is 262 Å². The second-order valence-corrected chi connectivity index (χ2v) is 11.6. The fourth-order valence-electron chi connectivity index (χ4n) is 5.91. The van der Waals surface area contributed by atoms with E-state index in [-0.39, 0.29) is 18.4 Å².